The number of carbonyl (C=O) groups is 1. The Morgan fingerprint density at radius 2 is 2.06 bits per heavy atom. The summed E-state index contributed by atoms with van der Waals surface area (Å²) in [6.07, 6.45) is 7.18. The smallest absolute Gasteiger partial charge is 0.272 e. The summed E-state index contributed by atoms with van der Waals surface area (Å²) in [7, 11) is 0. The van der Waals surface area contributed by atoms with Gasteiger partial charge in [0.15, 0.2) is 17.2 Å². The Labute approximate surface area is 207 Å². The maximum Gasteiger partial charge on any atom is 0.272 e. The number of pyridine rings is 1. The van der Waals surface area contributed by atoms with E-state index in [9.17, 15) is 4.79 Å². The van der Waals surface area contributed by atoms with Gasteiger partial charge in [-0.25, -0.2) is 14.5 Å². The number of anilines is 3. The zero-order chi connectivity index (χ0) is 25.3. The number of nitriles is 1. The highest BCUT2D eigenvalue weighted by atomic mass is 16.2. The first-order valence-corrected chi connectivity index (χ1v) is 11.4. The summed E-state index contributed by atoms with van der Waals surface area (Å²) in [4.78, 5) is 24.0. The van der Waals surface area contributed by atoms with E-state index < -0.39 is 0 Å². The number of hydrogen-bond donors (Lipinski definition) is 2. The Hall–Kier alpha value is -4.79. The van der Waals surface area contributed by atoms with Crippen molar-refractivity contribution < 1.29 is 4.79 Å². The molecule has 4 aromatic heterocycles. The second-order valence-electron chi connectivity index (χ2n) is 9.33. The summed E-state index contributed by atoms with van der Waals surface area (Å²) in [5.74, 6) is 0.795. The molecule has 0 bridgehead atoms. The van der Waals surface area contributed by atoms with Gasteiger partial charge in [0.25, 0.3) is 5.91 Å². The molecule has 0 aromatic carbocycles. The van der Waals surface area contributed by atoms with E-state index in [0.717, 1.165) is 12.1 Å². The second kappa shape index (κ2) is 9.10. The summed E-state index contributed by atoms with van der Waals surface area (Å²) in [5.41, 5.74) is 10.6. The van der Waals surface area contributed by atoms with Crippen LogP contribution in [-0.4, -0.2) is 54.8 Å². The van der Waals surface area contributed by atoms with Crippen molar-refractivity contribution in [1.82, 2.24) is 35.2 Å². The zero-order valence-electron chi connectivity index (χ0n) is 19.9. The highest BCUT2D eigenvalue weighted by Gasteiger charge is 2.41. The van der Waals surface area contributed by atoms with E-state index >= 15 is 0 Å². The molecule has 1 atom stereocenters. The quantitative estimate of drug-likeness (QED) is 0.402. The normalized spacial score (nSPS) is 16.9. The third kappa shape index (κ3) is 4.46. The molecule has 36 heavy (non-hydrogen) atoms. The average Bonchev–Trinajstić information content (AvgIpc) is 3.36. The lowest BCUT2D eigenvalue weighted by molar-refractivity contribution is 0.0928. The first kappa shape index (κ1) is 23.0. The highest BCUT2D eigenvalue weighted by Crippen LogP contribution is 2.36. The van der Waals surface area contributed by atoms with Gasteiger partial charge < -0.3 is 10.6 Å². The van der Waals surface area contributed by atoms with Crippen molar-refractivity contribution >= 4 is 28.9 Å². The molecule has 12 heteroatoms. The van der Waals surface area contributed by atoms with E-state index in [1.54, 1.807) is 41.3 Å². The van der Waals surface area contributed by atoms with Gasteiger partial charge in [0, 0.05) is 37.0 Å². The first-order valence-electron chi connectivity index (χ1n) is 11.4. The molecule has 1 aliphatic rings. The van der Waals surface area contributed by atoms with E-state index in [0.29, 0.717) is 35.9 Å². The molecular weight excluding hydrogens is 458 g/mol. The van der Waals surface area contributed by atoms with Crippen molar-refractivity contribution in [3.05, 3.63) is 66.4 Å². The Kier molecular flexibility index (Phi) is 5.81. The topological polar surface area (TPSA) is 154 Å². The number of piperidine rings is 1. The summed E-state index contributed by atoms with van der Waals surface area (Å²) in [6, 6.07) is 10.7. The minimum Gasteiger partial charge on any atom is -0.384 e. The lowest BCUT2D eigenvalue weighted by Crippen LogP contribution is -2.61. The van der Waals surface area contributed by atoms with Crippen LogP contribution in [0.15, 0.2) is 55.1 Å². The maximum atomic E-state index is 13.3. The molecule has 1 saturated heterocycles. The van der Waals surface area contributed by atoms with Crippen LogP contribution in [0.2, 0.25) is 0 Å². The first-order chi connectivity index (χ1) is 17.3. The van der Waals surface area contributed by atoms with Crippen molar-refractivity contribution in [1.29, 1.82) is 5.26 Å². The molecule has 0 saturated carbocycles. The summed E-state index contributed by atoms with van der Waals surface area (Å²) in [6.45, 7) is 5.63. The number of nitrogens with one attached hydrogen (secondary N) is 1. The van der Waals surface area contributed by atoms with Gasteiger partial charge in [-0.1, -0.05) is 13.8 Å². The molecule has 5 heterocycles. The molecule has 0 spiro atoms. The molecule has 5 rings (SSSR count). The number of carbonyl (C=O) groups excluding carboxylic acids is 1. The van der Waals surface area contributed by atoms with Crippen LogP contribution in [0.4, 0.5) is 17.3 Å². The van der Waals surface area contributed by atoms with Crippen LogP contribution < -0.4 is 21.1 Å². The van der Waals surface area contributed by atoms with Gasteiger partial charge in [-0.05, 0) is 30.7 Å². The van der Waals surface area contributed by atoms with E-state index in [-0.39, 0.29) is 23.1 Å². The van der Waals surface area contributed by atoms with Crippen molar-refractivity contribution in [2.45, 2.75) is 26.3 Å². The summed E-state index contributed by atoms with van der Waals surface area (Å²) >= 11 is 0. The van der Waals surface area contributed by atoms with Crippen LogP contribution in [0.5, 0.6) is 0 Å². The van der Waals surface area contributed by atoms with Crippen molar-refractivity contribution in [2.24, 2.45) is 5.41 Å². The molecule has 1 fully saturated rings. The number of hydrogen-bond acceptors (Lipinski definition) is 10. The molecule has 0 radical (unpaired) electrons. The van der Waals surface area contributed by atoms with Gasteiger partial charge in [-0.2, -0.15) is 10.4 Å². The number of rotatable bonds is 5. The van der Waals surface area contributed by atoms with Crippen LogP contribution in [-0.2, 0) is 0 Å². The van der Waals surface area contributed by atoms with Crippen LogP contribution in [0.3, 0.4) is 0 Å². The SMILES string of the molecule is CC1(C)CN(c2ccc(C#N)nn2)CC[C@H]1N(NC(=O)c1cnc2ccnn2c1)c1ccc(N)nc1. The van der Waals surface area contributed by atoms with E-state index in [1.165, 1.54) is 6.20 Å². The third-order valence-electron chi connectivity index (χ3n) is 6.35. The molecular formula is C24H25N11O. The third-order valence-corrected chi connectivity index (χ3v) is 6.35. The van der Waals surface area contributed by atoms with Gasteiger partial charge in [-0.3, -0.25) is 15.2 Å². The number of nitrogens with two attached hydrogens (primary N) is 1. The van der Waals surface area contributed by atoms with Gasteiger partial charge in [0.1, 0.15) is 11.9 Å². The second-order valence-corrected chi connectivity index (χ2v) is 9.33. The standard InChI is InChI=1S/C24H25N11O/c1-24(2)15-33(22-6-3-17(11-25)30-31-22)10-8-19(24)35(18-4-5-20(26)27-13-18)32-23(36)16-12-28-21-7-9-29-34(21)14-16/h3-7,9,12-14,19H,8,10,15H2,1-2H3,(H2,26,27)(H,32,36)/t19-/m1/s1. The average molecular weight is 484 g/mol. The molecule has 12 nitrogen and oxygen atoms in total. The van der Waals surface area contributed by atoms with Crippen molar-refractivity contribution in [2.75, 3.05) is 28.7 Å². The Bertz CT molecular complexity index is 1420. The number of amides is 1. The molecule has 0 aliphatic carbocycles. The number of nitrogens with zero attached hydrogens (tertiary/aromatic N) is 9. The monoisotopic (exact) mass is 483 g/mol. The molecule has 3 N–H and O–H groups in total. The van der Waals surface area contributed by atoms with Crippen LogP contribution >= 0.6 is 0 Å². The van der Waals surface area contributed by atoms with Crippen LogP contribution in [0, 0.1) is 16.7 Å². The lowest BCUT2D eigenvalue weighted by Gasteiger charge is -2.49. The molecule has 1 aliphatic heterocycles. The summed E-state index contributed by atoms with van der Waals surface area (Å²) in [5, 5.41) is 23.2. The molecule has 4 aromatic rings. The van der Waals surface area contributed by atoms with E-state index in [1.807, 2.05) is 23.2 Å². The van der Waals surface area contributed by atoms with Crippen molar-refractivity contribution in [3.8, 4) is 6.07 Å². The Morgan fingerprint density at radius 1 is 1.19 bits per heavy atom. The molecule has 1 amide bonds. The minimum atomic E-state index is -0.312. The molecule has 182 valence electrons. The van der Waals surface area contributed by atoms with Gasteiger partial charge in [0.05, 0.1) is 29.7 Å². The summed E-state index contributed by atoms with van der Waals surface area (Å²) < 4.78 is 1.56. The Morgan fingerprint density at radius 3 is 2.75 bits per heavy atom. The molecule has 0 unspecified atom stereocenters. The van der Waals surface area contributed by atoms with Gasteiger partial charge in [0.2, 0.25) is 0 Å². The number of nitrogen functional groups attached to an aromatic ring is 1. The number of hydrazine groups is 1. The fourth-order valence-electron chi connectivity index (χ4n) is 4.54. The largest absolute Gasteiger partial charge is 0.384 e. The number of fused-ring (bicyclic) bond motifs is 1. The van der Waals surface area contributed by atoms with E-state index in [4.69, 9.17) is 11.0 Å². The minimum absolute atomic E-state index is 0.0733. The highest BCUT2D eigenvalue weighted by molar-refractivity contribution is 5.94. The predicted octanol–water partition coefficient (Wildman–Crippen LogP) is 1.82. The Balaban J connectivity index is 1.42. The predicted molar refractivity (Wildman–Crippen MR) is 133 cm³/mol. The van der Waals surface area contributed by atoms with Crippen molar-refractivity contribution in [3.63, 3.8) is 0 Å². The van der Waals surface area contributed by atoms with E-state index in [2.05, 4.69) is 49.4 Å². The maximum absolute atomic E-state index is 13.3. The fraction of sp³-hybridized carbons (Fsp3) is 0.292. The zero-order valence-corrected chi connectivity index (χ0v) is 19.9. The lowest BCUT2D eigenvalue weighted by atomic mass is 9.78. The van der Waals surface area contributed by atoms with Crippen LogP contribution in [0.1, 0.15) is 36.3 Å². The van der Waals surface area contributed by atoms with Gasteiger partial charge in [-0.15, -0.1) is 10.2 Å². The van der Waals surface area contributed by atoms with Gasteiger partial charge >= 0.3 is 0 Å². The fourth-order valence-corrected chi connectivity index (χ4v) is 4.54. The number of aromatic nitrogens is 6. The van der Waals surface area contributed by atoms with Crippen LogP contribution in [0.25, 0.3) is 5.65 Å².